The molecule has 1 unspecified atom stereocenters. The van der Waals surface area contributed by atoms with Gasteiger partial charge in [0.15, 0.2) is 4.77 Å². The maximum absolute atomic E-state index is 13.3. The molecule has 0 radical (unpaired) electrons. The van der Waals surface area contributed by atoms with Crippen LogP contribution in [0.5, 0.6) is 0 Å². The van der Waals surface area contributed by atoms with Gasteiger partial charge in [0.1, 0.15) is 5.82 Å². The van der Waals surface area contributed by atoms with Crippen molar-refractivity contribution < 1.29 is 4.39 Å². The van der Waals surface area contributed by atoms with Crippen molar-refractivity contribution in [2.24, 2.45) is 0 Å². The van der Waals surface area contributed by atoms with Gasteiger partial charge < -0.3 is 9.55 Å². The van der Waals surface area contributed by atoms with Gasteiger partial charge in [-0.2, -0.15) is 11.8 Å². The minimum atomic E-state index is -0.207. The van der Waals surface area contributed by atoms with Crippen LogP contribution in [0, 0.1) is 10.6 Å². The summed E-state index contributed by atoms with van der Waals surface area (Å²) in [6, 6.07) is 4.79. The van der Waals surface area contributed by atoms with Crippen LogP contribution in [-0.4, -0.2) is 20.6 Å². The lowest BCUT2D eigenvalue weighted by atomic mass is 10.2. The summed E-state index contributed by atoms with van der Waals surface area (Å²) in [7, 11) is 0. The smallest absolute Gasteiger partial charge is 0.178 e. The average Bonchev–Trinajstić information content (AvgIpc) is 2.67. The number of benzene rings is 1. The number of imidazole rings is 1. The van der Waals surface area contributed by atoms with E-state index in [2.05, 4.69) is 4.98 Å². The van der Waals surface area contributed by atoms with Crippen molar-refractivity contribution in [3.63, 3.8) is 0 Å². The van der Waals surface area contributed by atoms with Crippen LogP contribution < -0.4 is 0 Å². The first-order valence-corrected chi connectivity index (χ1v) is 7.69. The number of H-pyrrole nitrogens is 1. The fraction of sp³-hybridized carbons (Fsp3) is 0.462. The van der Waals surface area contributed by atoms with E-state index >= 15 is 0 Å². The normalized spacial score (nSPS) is 20.4. The Labute approximate surface area is 115 Å². The molecule has 2 aromatic rings. The molecule has 0 aliphatic carbocycles. The highest BCUT2D eigenvalue weighted by Crippen LogP contribution is 2.27. The maximum Gasteiger partial charge on any atom is 0.178 e. The van der Waals surface area contributed by atoms with Crippen LogP contribution in [0.4, 0.5) is 4.39 Å². The van der Waals surface area contributed by atoms with Crippen LogP contribution in [0.25, 0.3) is 11.0 Å². The van der Waals surface area contributed by atoms with Gasteiger partial charge in [-0.3, -0.25) is 0 Å². The average molecular weight is 282 g/mol. The van der Waals surface area contributed by atoms with Gasteiger partial charge in [0.05, 0.1) is 11.0 Å². The number of halogens is 1. The van der Waals surface area contributed by atoms with E-state index in [4.69, 9.17) is 12.2 Å². The highest BCUT2D eigenvalue weighted by molar-refractivity contribution is 7.99. The Kier molecular flexibility index (Phi) is 3.43. The first kappa shape index (κ1) is 12.2. The number of hydrogen-bond acceptors (Lipinski definition) is 2. The number of aromatic amines is 1. The third-order valence-electron chi connectivity index (χ3n) is 3.40. The van der Waals surface area contributed by atoms with Gasteiger partial charge in [-0.1, -0.05) is 6.42 Å². The van der Waals surface area contributed by atoms with Crippen LogP contribution in [0.15, 0.2) is 18.2 Å². The molecular weight excluding hydrogens is 267 g/mol. The number of nitrogens with one attached hydrogen (secondary N) is 1. The first-order valence-electron chi connectivity index (χ1n) is 6.24. The quantitative estimate of drug-likeness (QED) is 0.836. The van der Waals surface area contributed by atoms with Crippen molar-refractivity contribution >= 4 is 35.0 Å². The van der Waals surface area contributed by atoms with Crippen molar-refractivity contribution in [1.82, 2.24) is 9.55 Å². The van der Waals surface area contributed by atoms with Gasteiger partial charge in [0, 0.05) is 11.8 Å². The van der Waals surface area contributed by atoms with Crippen LogP contribution in [-0.2, 0) is 6.54 Å². The maximum atomic E-state index is 13.3. The molecule has 3 rings (SSSR count). The monoisotopic (exact) mass is 282 g/mol. The summed E-state index contributed by atoms with van der Waals surface area (Å²) in [4.78, 5) is 3.15. The standard InChI is InChI=1S/C13H15FN2S2/c14-9-4-5-11-12(7-9)16(13(17)15-11)8-10-3-1-2-6-18-10/h4-5,7,10H,1-3,6,8H2,(H,15,17). The Bertz CT molecular complexity index is 611. The Morgan fingerprint density at radius 3 is 3.11 bits per heavy atom. The number of nitrogens with zero attached hydrogens (tertiary/aromatic N) is 1. The Hall–Kier alpha value is -0.810. The van der Waals surface area contributed by atoms with E-state index in [9.17, 15) is 4.39 Å². The fourth-order valence-corrected chi connectivity index (χ4v) is 4.04. The molecule has 96 valence electrons. The lowest BCUT2D eigenvalue weighted by Crippen LogP contribution is -2.17. The van der Waals surface area contributed by atoms with E-state index in [1.807, 2.05) is 16.3 Å². The molecule has 1 aromatic carbocycles. The van der Waals surface area contributed by atoms with Gasteiger partial charge in [-0.05, 0) is 49.0 Å². The van der Waals surface area contributed by atoms with Crippen molar-refractivity contribution in [2.45, 2.75) is 31.1 Å². The van der Waals surface area contributed by atoms with Crippen LogP contribution in [0.3, 0.4) is 0 Å². The summed E-state index contributed by atoms with van der Waals surface area (Å²) in [5.74, 6) is 1.02. The summed E-state index contributed by atoms with van der Waals surface area (Å²) >= 11 is 7.35. The molecule has 1 aromatic heterocycles. The van der Waals surface area contributed by atoms with Gasteiger partial charge in [-0.25, -0.2) is 4.39 Å². The topological polar surface area (TPSA) is 20.7 Å². The summed E-state index contributed by atoms with van der Waals surface area (Å²) < 4.78 is 16.1. The molecule has 1 fully saturated rings. The highest BCUT2D eigenvalue weighted by Gasteiger charge is 2.16. The molecule has 1 aliphatic heterocycles. The molecule has 0 bridgehead atoms. The van der Waals surface area contributed by atoms with Crippen molar-refractivity contribution in [1.29, 1.82) is 0 Å². The summed E-state index contributed by atoms with van der Waals surface area (Å²) in [6.07, 6.45) is 3.84. The predicted octanol–water partition coefficient (Wildman–Crippen LogP) is 4.12. The molecule has 0 saturated carbocycles. The number of rotatable bonds is 2. The van der Waals surface area contributed by atoms with Gasteiger partial charge >= 0.3 is 0 Å². The number of hydrogen-bond donors (Lipinski definition) is 1. The Balaban J connectivity index is 1.97. The Morgan fingerprint density at radius 1 is 1.44 bits per heavy atom. The molecule has 2 nitrogen and oxygen atoms in total. The second kappa shape index (κ2) is 5.05. The van der Waals surface area contributed by atoms with Gasteiger partial charge in [0.2, 0.25) is 0 Å². The van der Waals surface area contributed by atoms with E-state index in [0.29, 0.717) is 10.0 Å². The molecule has 0 amide bonds. The summed E-state index contributed by atoms with van der Waals surface area (Å²) in [5.41, 5.74) is 1.80. The van der Waals surface area contributed by atoms with E-state index in [1.54, 1.807) is 12.1 Å². The first-order chi connectivity index (χ1) is 8.74. The van der Waals surface area contributed by atoms with E-state index in [1.165, 1.54) is 31.1 Å². The number of fused-ring (bicyclic) bond motifs is 1. The van der Waals surface area contributed by atoms with Crippen LogP contribution in [0.2, 0.25) is 0 Å². The van der Waals surface area contributed by atoms with Crippen LogP contribution in [0.1, 0.15) is 19.3 Å². The molecule has 1 N–H and O–H groups in total. The second-order valence-corrected chi connectivity index (χ2v) is 6.49. The molecule has 1 aliphatic rings. The van der Waals surface area contributed by atoms with Gasteiger partial charge in [-0.15, -0.1) is 0 Å². The fourth-order valence-electron chi connectivity index (χ4n) is 2.46. The third-order valence-corrected chi connectivity index (χ3v) is 5.10. The van der Waals surface area contributed by atoms with E-state index in [-0.39, 0.29) is 5.82 Å². The zero-order chi connectivity index (χ0) is 12.5. The Morgan fingerprint density at radius 2 is 2.33 bits per heavy atom. The molecular formula is C13H15FN2S2. The summed E-state index contributed by atoms with van der Waals surface area (Å²) in [6.45, 7) is 0.882. The minimum absolute atomic E-state index is 0.207. The van der Waals surface area contributed by atoms with Crippen molar-refractivity contribution in [3.05, 3.63) is 28.8 Å². The van der Waals surface area contributed by atoms with Crippen molar-refractivity contribution in [2.75, 3.05) is 5.75 Å². The zero-order valence-corrected chi connectivity index (χ0v) is 11.6. The molecule has 18 heavy (non-hydrogen) atoms. The van der Waals surface area contributed by atoms with Crippen LogP contribution >= 0.6 is 24.0 Å². The summed E-state index contributed by atoms with van der Waals surface area (Å²) in [5, 5.41) is 0.604. The second-order valence-electron chi connectivity index (χ2n) is 4.69. The molecule has 0 spiro atoms. The van der Waals surface area contributed by atoms with Gasteiger partial charge in [0.25, 0.3) is 0 Å². The lowest BCUT2D eigenvalue weighted by Gasteiger charge is -2.21. The third kappa shape index (κ3) is 2.34. The minimum Gasteiger partial charge on any atom is -0.331 e. The largest absolute Gasteiger partial charge is 0.331 e. The van der Waals surface area contributed by atoms with E-state index in [0.717, 1.165) is 17.6 Å². The van der Waals surface area contributed by atoms with E-state index < -0.39 is 0 Å². The number of thioether (sulfide) groups is 1. The lowest BCUT2D eigenvalue weighted by molar-refractivity contribution is 0.586. The highest BCUT2D eigenvalue weighted by atomic mass is 32.2. The predicted molar refractivity (Wildman–Crippen MR) is 77.2 cm³/mol. The molecule has 2 heterocycles. The SMILES string of the molecule is Fc1ccc2[nH]c(=S)n(CC3CCCCS3)c2c1. The molecule has 1 atom stereocenters. The molecule has 1 saturated heterocycles. The van der Waals surface area contributed by atoms with Crippen molar-refractivity contribution in [3.8, 4) is 0 Å². The zero-order valence-electron chi connectivity index (χ0n) is 9.99. The molecule has 5 heteroatoms. The number of aromatic nitrogens is 2.